The number of thioether (sulfide) groups is 1. The van der Waals surface area contributed by atoms with E-state index in [0.29, 0.717) is 5.92 Å². The second kappa shape index (κ2) is 6.85. The van der Waals surface area contributed by atoms with Gasteiger partial charge in [-0.1, -0.05) is 19.0 Å². The molecule has 0 unspecified atom stereocenters. The Labute approximate surface area is 95.0 Å². The highest BCUT2D eigenvalue weighted by molar-refractivity contribution is 7.98. The molecule has 0 fully saturated rings. The monoisotopic (exact) mass is 229 g/mol. The first-order valence-electron chi connectivity index (χ1n) is 5.31. The fraction of sp³-hybridized carbons (Fsp3) is 0.800. The third kappa shape index (κ3) is 5.18. The summed E-state index contributed by atoms with van der Waals surface area (Å²) in [6.45, 7) is 5.04. The normalized spacial score (nSPS) is 11.2. The maximum atomic E-state index is 5.40. The number of hydrogen-bond donors (Lipinski definition) is 1. The van der Waals surface area contributed by atoms with Crippen LogP contribution in [0.3, 0.4) is 0 Å². The molecule has 15 heavy (non-hydrogen) atoms. The van der Waals surface area contributed by atoms with E-state index in [9.17, 15) is 0 Å². The predicted octanol–water partition coefficient (Wildman–Crippen LogP) is 1.85. The van der Waals surface area contributed by atoms with Crippen LogP contribution < -0.4 is 5.73 Å². The van der Waals surface area contributed by atoms with E-state index in [4.69, 9.17) is 10.3 Å². The Morgan fingerprint density at radius 3 is 2.93 bits per heavy atom. The van der Waals surface area contributed by atoms with Crippen LogP contribution in [0, 0.1) is 5.92 Å². The maximum absolute atomic E-state index is 5.40. The Morgan fingerprint density at radius 2 is 2.27 bits per heavy atom. The molecule has 2 N–H and O–H groups in total. The van der Waals surface area contributed by atoms with E-state index >= 15 is 0 Å². The number of nitrogens with zero attached hydrogens (tertiary/aromatic N) is 2. The molecule has 0 atom stereocenters. The molecule has 0 aliphatic carbocycles. The van der Waals surface area contributed by atoms with E-state index in [1.165, 1.54) is 0 Å². The zero-order chi connectivity index (χ0) is 11.1. The predicted molar refractivity (Wildman–Crippen MR) is 62.7 cm³/mol. The molecule has 0 saturated carbocycles. The van der Waals surface area contributed by atoms with Crippen LogP contribution in [0.25, 0.3) is 0 Å². The lowest BCUT2D eigenvalue weighted by Gasteiger charge is -1.96. The van der Waals surface area contributed by atoms with Gasteiger partial charge in [-0.25, -0.2) is 0 Å². The molecule has 0 bridgehead atoms. The molecule has 0 amide bonds. The van der Waals surface area contributed by atoms with Crippen LogP contribution in [0.4, 0.5) is 0 Å². The first-order chi connectivity index (χ1) is 7.22. The van der Waals surface area contributed by atoms with Gasteiger partial charge in [-0.05, 0) is 24.6 Å². The number of hydrogen-bond acceptors (Lipinski definition) is 5. The summed E-state index contributed by atoms with van der Waals surface area (Å²) in [5.74, 6) is 3.97. The molecule has 0 aliphatic rings. The molecule has 0 aromatic carbocycles. The molecule has 0 radical (unpaired) electrons. The lowest BCUT2D eigenvalue weighted by Crippen LogP contribution is -1.99. The van der Waals surface area contributed by atoms with Gasteiger partial charge in [0.1, 0.15) is 0 Å². The second-order valence-corrected chi connectivity index (χ2v) is 5.00. The highest BCUT2D eigenvalue weighted by atomic mass is 32.2. The lowest BCUT2D eigenvalue weighted by molar-refractivity contribution is 0.382. The largest absolute Gasteiger partial charge is 0.338 e. The third-order valence-corrected chi connectivity index (χ3v) is 2.85. The van der Waals surface area contributed by atoms with Gasteiger partial charge in [-0.15, -0.1) is 0 Å². The summed E-state index contributed by atoms with van der Waals surface area (Å²) in [5.41, 5.74) is 5.40. The van der Waals surface area contributed by atoms with Crippen LogP contribution in [0.15, 0.2) is 4.52 Å². The van der Waals surface area contributed by atoms with Gasteiger partial charge in [0.05, 0.1) is 5.75 Å². The highest BCUT2D eigenvalue weighted by Crippen LogP contribution is 2.12. The summed E-state index contributed by atoms with van der Waals surface area (Å²) in [6.07, 6.45) is 1.93. The van der Waals surface area contributed by atoms with Crippen molar-refractivity contribution in [2.45, 2.75) is 32.4 Å². The van der Waals surface area contributed by atoms with Crippen molar-refractivity contribution in [3.63, 3.8) is 0 Å². The zero-order valence-corrected chi connectivity index (χ0v) is 10.2. The van der Waals surface area contributed by atoms with Gasteiger partial charge in [0, 0.05) is 6.42 Å². The van der Waals surface area contributed by atoms with Gasteiger partial charge < -0.3 is 10.3 Å². The standard InChI is InChI=1S/C10H19N3OS/c1-8(2)6-9-12-10(14-13-9)7-15-5-3-4-11/h8H,3-7,11H2,1-2H3. The van der Waals surface area contributed by atoms with E-state index in [-0.39, 0.29) is 0 Å². The SMILES string of the molecule is CC(C)Cc1noc(CSCCCN)n1. The maximum Gasteiger partial charge on any atom is 0.236 e. The number of nitrogens with two attached hydrogens (primary N) is 1. The van der Waals surface area contributed by atoms with Gasteiger partial charge in [-0.3, -0.25) is 0 Å². The molecule has 1 aromatic rings. The minimum absolute atomic E-state index is 0.570. The second-order valence-electron chi connectivity index (χ2n) is 3.90. The Bertz CT molecular complexity index is 275. The number of aromatic nitrogens is 2. The van der Waals surface area contributed by atoms with Crippen molar-refractivity contribution in [2.75, 3.05) is 12.3 Å². The fourth-order valence-corrected chi connectivity index (χ4v) is 1.95. The topological polar surface area (TPSA) is 64.9 Å². The Balaban J connectivity index is 2.26. The summed E-state index contributed by atoms with van der Waals surface area (Å²) in [5, 5.41) is 3.93. The van der Waals surface area contributed by atoms with E-state index < -0.39 is 0 Å². The van der Waals surface area contributed by atoms with E-state index in [2.05, 4.69) is 24.0 Å². The summed E-state index contributed by atoms with van der Waals surface area (Å²) in [7, 11) is 0. The summed E-state index contributed by atoms with van der Waals surface area (Å²) >= 11 is 1.79. The molecular weight excluding hydrogens is 210 g/mol. The summed E-state index contributed by atoms with van der Waals surface area (Å²) in [6, 6.07) is 0. The van der Waals surface area contributed by atoms with Crippen molar-refractivity contribution in [1.82, 2.24) is 10.1 Å². The quantitative estimate of drug-likeness (QED) is 0.723. The highest BCUT2D eigenvalue weighted by Gasteiger charge is 2.07. The van der Waals surface area contributed by atoms with Crippen LogP contribution in [-0.2, 0) is 12.2 Å². The minimum Gasteiger partial charge on any atom is -0.338 e. The van der Waals surface area contributed by atoms with Crippen LogP contribution in [0.1, 0.15) is 32.0 Å². The fourth-order valence-electron chi connectivity index (χ4n) is 1.14. The van der Waals surface area contributed by atoms with Crippen LogP contribution in [0.2, 0.25) is 0 Å². The Morgan fingerprint density at radius 1 is 1.47 bits per heavy atom. The Hall–Kier alpha value is -0.550. The van der Waals surface area contributed by atoms with Gasteiger partial charge in [-0.2, -0.15) is 16.7 Å². The van der Waals surface area contributed by atoms with Gasteiger partial charge in [0.25, 0.3) is 0 Å². The first-order valence-corrected chi connectivity index (χ1v) is 6.47. The van der Waals surface area contributed by atoms with Crippen molar-refractivity contribution in [1.29, 1.82) is 0 Å². The molecule has 4 nitrogen and oxygen atoms in total. The molecule has 0 aliphatic heterocycles. The van der Waals surface area contributed by atoms with E-state index in [1.807, 2.05) is 0 Å². The van der Waals surface area contributed by atoms with Gasteiger partial charge in [0.2, 0.25) is 5.89 Å². The number of rotatable bonds is 7. The van der Waals surface area contributed by atoms with E-state index in [1.54, 1.807) is 11.8 Å². The molecule has 5 heteroatoms. The summed E-state index contributed by atoms with van der Waals surface area (Å²) in [4.78, 5) is 4.32. The van der Waals surface area contributed by atoms with Crippen molar-refractivity contribution < 1.29 is 4.52 Å². The van der Waals surface area contributed by atoms with Crippen LogP contribution in [0.5, 0.6) is 0 Å². The van der Waals surface area contributed by atoms with Crippen LogP contribution >= 0.6 is 11.8 Å². The first kappa shape index (κ1) is 12.5. The third-order valence-electron chi connectivity index (χ3n) is 1.82. The van der Waals surface area contributed by atoms with Crippen molar-refractivity contribution in [3.05, 3.63) is 11.7 Å². The zero-order valence-electron chi connectivity index (χ0n) is 9.40. The van der Waals surface area contributed by atoms with Gasteiger partial charge >= 0.3 is 0 Å². The molecule has 1 aromatic heterocycles. The van der Waals surface area contributed by atoms with E-state index in [0.717, 1.165) is 42.6 Å². The van der Waals surface area contributed by atoms with Crippen LogP contribution in [-0.4, -0.2) is 22.4 Å². The smallest absolute Gasteiger partial charge is 0.236 e. The minimum atomic E-state index is 0.570. The molecular formula is C10H19N3OS. The molecule has 1 rings (SSSR count). The van der Waals surface area contributed by atoms with Crippen molar-refractivity contribution in [3.8, 4) is 0 Å². The average molecular weight is 229 g/mol. The molecule has 0 spiro atoms. The Kier molecular flexibility index (Phi) is 5.71. The van der Waals surface area contributed by atoms with Crippen molar-refractivity contribution in [2.24, 2.45) is 11.7 Å². The van der Waals surface area contributed by atoms with Crippen molar-refractivity contribution >= 4 is 11.8 Å². The summed E-state index contributed by atoms with van der Waals surface area (Å²) < 4.78 is 5.13. The lowest BCUT2D eigenvalue weighted by atomic mass is 10.1. The average Bonchev–Trinajstić information content (AvgIpc) is 2.59. The molecule has 86 valence electrons. The molecule has 0 saturated heterocycles. The van der Waals surface area contributed by atoms with Gasteiger partial charge in [0.15, 0.2) is 5.82 Å². The molecule has 1 heterocycles.